The molecule has 1 heterocycles. The van der Waals surface area contributed by atoms with Gasteiger partial charge >= 0.3 is 0 Å². The van der Waals surface area contributed by atoms with E-state index in [4.69, 9.17) is 4.99 Å². The lowest BCUT2D eigenvalue weighted by Crippen LogP contribution is -1.94. The molecular weight excluding hydrogens is 400 g/mol. The number of aliphatic imine (C=N–C) groups is 1. The fourth-order valence-electron chi connectivity index (χ4n) is 4.39. The number of aromatic nitrogens is 1. The normalized spacial score (nSPS) is 11.9. The smallest absolute Gasteiger partial charge is 0.0723 e. The van der Waals surface area contributed by atoms with E-state index >= 15 is 0 Å². The van der Waals surface area contributed by atoms with Gasteiger partial charge in [0.25, 0.3) is 0 Å². The number of para-hydroxylation sites is 1. The van der Waals surface area contributed by atoms with E-state index in [2.05, 4.69) is 124 Å². The lowest BCUT2D eigenvalue weighted by Gasteiger charge is -2.10. The van der Waals surface area contributed by atoms with E-state index in [0.717, 1.165) is 35.4 Å². The quantitative estimate of drug-likeness (QED) is 0.264. The summed E-state index contributed by atoms with van der Waals surface area (Å²) in [5.74, 6) is 0. The molecule has 1 aromatic heterocycles. The van der Waals surface area contributed by atoms with Gasteiger partial charge in [-0.05, 0) is 67.2 Å². The molecule has 0 bridgehead atoms. The second-order valence-corrected chi connectivity index (χ2v) is 8.64. The first kappa shape index (κ1) is 22.5. The van der Waals surface area contributed by atoms with Crippen molar-refractivity contribution in [3.63, 3.8) is 0 Å². The van der Waals surface area contributed by atoms with Crippen LogP contribution in [0.25, 0.3) is 16.8 Å². The van der Waals surface area contributed by atoms with Gasteiger partial charge in [-0.2, -0.15) is 0 Å². The van der Waals surface area contributed by atoms with Crippen LogP contribution in [0, 0.1) is 13.8 Å². The van der Waals surface area contributed by atoms with Crippen LogP contribution in [0.15, 0.2) is 96.1 Å². The number of rotatable bonds is 7. The maximum absolute atomic E-state index is 4.99. The summed E-state index contributed by atoms with van der Waals surface area (Å²) in [7, 11) is 2.07. The first-order valence-electron chi connectivity index (χ1n) is 11.7. The van der Waals surface area contributed by atoms with Gasteiger partial charge < -0.3 is 4.57 Å². The Bertz CT molecular complexity index is 1280. The third kappa shape index (κ3) is 5.40. The lowest BCUT2D eigenvalue weighted by atomic mass is 9.97. The molecule has 4 rings (SSSR count). The van der Waals surface area contributed by atoms with E-state index < -0.39 is 0 Å². The van der Waals surface area contributed by atoms with Crippen LogP contribution in [-0.4, -0.2) is 10.8 Å². The van der Waals surface area contributed by atoms with Crippen molar-refractivity contribution in [3.8, 4) is 11.3 Å². The van der Waals surface area contributed by atoms with Crippen LogP contribution in [0.3, 0.4) is 0 Å². The van der Waals surface area contributed by atoms with E-state index in [9.17, 15) is 0 Å². The summed E-state index contributed by atoms with van der Waals surface area (Å²) in [4.78, 5) is 4.99. The van der Waals surface area contributed by atoms with Crippen molar-refractivity contribution < 1.29 is 0 Å². The largest absolute Gasteiger partial charge is 0.351 e. The molecule has 2 nitrogen and oxygen atoms in total. The van der Waals surface area contributed by atoms with E-state index in [-0.39, 0.29) is 0 Å². The Morgan fingerprint density at radius 1 is 0.848 bits per heavy atom. The van der Waals surface area contributed by atoms with Gasteiger partial charge in [-0.25, -0.2) is 0 Å². The molecule has 0 spiro atoms. The maximum atomic E-state index is 4.99. The highest BCUT2D eigenvalue weighted by Gasteiger charge is 2.08. The van der Waals surface area contributed by atoms with Crippen LogP contribution >= 0.6 is 0 Å². The van der Waals surface area contributed by atoms with Gasteiger partial charge in [-0.3, -0.25) is 4.99 Å². The van der Waals surface area contributed by atoms with Gasteiger partial charge in [0, 0.05) is 30.7 Å². The summed E-state index contributed by atoms with van der Waals surface area (Å²) >= 11 is 0. The monoisotopic (exact) mass is 432 g/mol. The summed E-state index contributed by atoms with van der Waals surface area (Å²) in [6.07, 6.45) is 8.35. The Hall–Kier alpha value is -3.65. The average molecular weight is 433 g/mol. The van der Waals surface area contributed by atoms with Crippen LogP contribution < -0.4 is 0 Å². The topological polar surface area (TPSA) is 17.3 Å². The molecule has 0 unspecified atom stereocenters. The second kappa shape index (κ2) is 10.3. The van der Waals surface area contributed by atoms with Gasteiger partial charge in [-0.1, -0.05) is 84.8 Å². The molecule has 2 heteroatoms. The molecule has 0 aliphatic carbocycles. The summed E-state index contributed by atoms with van der Waals surface area (Å²) in [6, 6.07) is 28.0. The molecule has 0 aliphatic rings. The van der Waals surface area contributed by atoms with Crippen molar-refractivity contribution in [1.29, 1.82) is 0 Å². The Morgan fingerprint density at radius 2 is 1.55 bits per heavy atom. The Balaban J connectivity index is 1.75. The van der Waals surface area contributed by atoms with Crippen molar-refractivity contribution in [1.82, 2.24) is 4.57 Å². The molecule has 0 N–H and O–H groups in total. The zero-order chi connectivity index (χ0) is 23.2. The van der Waals surface area contributed by atoms with Crippen molar-refractivity contribution in [3.05, 3.63) is 119 Å². The lowest BCUT2D eigenvalue weighted by molar-refractivity contribution is 0.937. The van der Waals surface area contributed by atoms with E-state index in [1.54, 1.807) is 0 Å². The molecule has 0 saturated heterocycles. The summed E-state index contributed by atoms with van der Waals surface area (Å²) in [5, 5.41) is 0. The molecule has 0 fully saturated rings. The highest BCUT2D eigenvalue weighted by atomic mass is 14.9. The van der Waals surface area contributed by atoms with Crippen molar-refractivity contribution in [2.75, 3.05) is 0 Å². The van der Waals surface area contributed by atoms with Crippen LogP contribution in [0.4, 0.5) is 5.69 Å². The van der Waals surface area contributed by atoms with Gasteiger partial charge in [0.05, 0.1) is 5.69 Å². The van der Waals surface area contributed by atoms with Crippen LogP contribution in [-0.2, 0) is 19.9 Å². The van der Waals surface area contributed by atoms with Gasteiger partial charge in [-0.15, -0.1) is 0 Å². The highest BCUT2D eigenvalue weighted by Crippen LogP contribution is 2.30. The summed E-state index contributed by atoms with van der Waals surface area (Å²) < 4.78 is 2.14. The summed E-state index contributed by atoms with van der Waals surface area (Å²) in [5.41, 5.74) is 10.9. The first-order valence-corrected chi connectivity index (χ1v) is 11.7. The number of allylic oxidation sites excluding steroid dienone is 2. The Morgan fingerprint density at radius 3 is 2.24 bits per heavy atom. The van der Waals surface area contributed by atoms with Gasteiger partial charge in [0.1, 0.15) is 0 Å². The first-order chi connectivity index (χ1) is 16.0. The molecule has 4 aromatic rings. The van der Waals surface area contributed by atoms with Gasteiger partial charge in [0.2, 0.25) is 0 Å². The van der Waals surface area contributed by atoms with E-state index in [1.165, 1.54) is 27.8 Å². The molecule has 3 aromatic carbocycles. The fraction of sp³-hybridized carbons (Fsp3) is 0.194. The second-order valence-electron chi connectivity index (χ2n) is 8.64. The predicted molar refractivity (Wildman–Crippen MR) is 142 cm³/mol. The minimum atomic E-state index is 0.887. The number of hydrogen-bond donors (Lipinski definition) is 0. The number of nitrogens with zero attached hydrogens (tertiary/aromatic N) is 2. The number of benzene rings is 3. The van der Waals surface area contributed by atoms with E-state index in [0.29, 0.717) is 0 Å². The van der Waals surface area contributed by atoms with E-state index in [1.807, 2.05) is 6.21 Å². The van der Waals surface area contributed by atoms with Crippen LogP contribution in [0.1, 0.15) is 34.7 Å². The number of aryl methyl sites for hydroxylation is 4. The SMILES string of the molecule is CCc1ccccc1C/C=C(\C=Nc1ccccc1-c1cccn1C)c1cc(C)cc(C)c1. The Labute approximate surface area is 198 Å². The molecule has 33 heavy (non-hydrogen) atoms. The van der Waals surface area contributed by atoms with Crippen molar-refractivity contribution in [2.24, 2.45) is 12.0 Å². The minimum Gasteiger partial charge on any atom is -0.351 e. The van der Waals surface area contributed by atoms with Gasteiger partial charge in [0.15, 0.2) is 0 Å². The maximum Gasteiger partial charge on any atom is 0.0723 e. The predicted octanol–water partition coefficient (Wildman–Crippen LogP) is 7.90. The zero-order valence-electron chi connectivity index (χ0n) is 20.0. The molecule has 0 saturated carbocycles. The minimum absolute atomic E-state index is 0.887. The zero-order valence-corrected chi connectivity index (χ0v) is 20.0. The molecular formula is C31H32N2. The highest BCUT2D eigenvalue weighted by molar-refractivity contribution is 6.11. The van der Waals surface area contributed by atoms with Crippen molar-refractivity contribution >= 4 is 17.5 Å². The number of hydrogen-bond acceptors (Lipinski definition) is 1. The standard InChI is InChI=1S/C31H32N2/c1-5-25-11-6-7-12-26(25)16-17-27(28-20-23(2)19-24(3)21-28)22-32-30-14-9-8-13-29(30)31-15-10-18-33(31)4/h6-15,17-22H,5,16H2,1-4H3/b27-17+,32-22?. The molecule has 0 atom stereocenters. The van der Waals surface area contributed by atoms with Crippen LogP contribution in [0.2, 0.25) is 0 Å². The fourth-order valence-corrected chi connectivity index (χ4v) is 4.39. The van der Waals surface area contributed by atoms with Crippen LogP contribution in [0.5, 0.6) is 0 Å². The molecule has 0 radical (unpaired) electrons. The van der Waals surface area contributed by atoms with Crippen molar-refractivity contribution in [2.45, 2.75) is 33.6 Å². The molecule has 0 amide bonds. The third-order valence-corrected chi connectivity index (χ3v) is 6.06. The third-order valence-electron chi connectivity index (χ3n) is 6.06. The average Bonchev–Trinajstić information content (AvgIpc) is 3.24. The molecule has 0 aliphatic heterocycles. The Kier molecular flexibility index (Phi) is 7.04. The molecule has 166 valence electrons. The summed E-state index contributed by atoms with van der Waals surface area (Å²) in [6.45, 7) is 6.53.